The van der Waals surface area contributed by atoms with Crippen LogP contribution in [0.15, 0.2) is 72.9 Å². The van der Waals surface area contributed by atoms with E-state index in [4.69, 9.17) is 23.8 Å². The summed E-state index contributed by atoms with van der Waals surface area (Å²) >= 11 is 0. The first-order valence-electron chi connectivity index (χ1n) is 23.6. The van der Waals surface area contributed by atoms with Gasteiger partial charge in [-0.15, -0.1) is 0 Å². The van der Waals surface area contributed by atoms with Gasteiger partial charge in [-0.1, -0.05) is 184 Å². The van der Waals surface area contributed by atoms with Crippen LogP contribution in [0.1, 0.15) is 168 Å². The summed E-state index contributed by atoms with van der Waals surface area (Å²) in [7, 11) is -9.77. The van der Waals surface area contributed by atoms with E-state index in [1.165, 1.54) is 76.7 Å². The van der Waals surface area contributed by atoms with E-state index in [9.17, 15) is 33.8 Å². The molecule has 64 heavy (non-hydrogen) atoms. The van der Waals surface area contributed by atoms with Crippen molar-refractivity contribution >= 4 is 27.6 Å². The number of allylic oxidation sites excluding steroid dienone is 11. The molecule has 370 valence electrons. The molecule has 0 spiro atoms. The minimum atomic E-state index is -4.89. The first kappa shape index (κ1) is 61.5. The standard InChI is InChI=1S/C48H84O14P2/c1-4-5-6-7-8-9-10-11-12-13-17-20-23-26-29-32-35-44(49)37-38-48(52)62-46(42-61-64(56,57)60-40-45(50)39-59-63(53,54)55)41-58-47(51)36-33-30-27-24-21-18-15-14-16-19-22-25-28-31-34-43(2)3/h5-6,8-9,11-12,17,20,26,29,32,35,43-46,49-50H,4,7,10,13-16,18-19,21-25,27-28,30-31,33-34,36-42H2,1-3H3,(H,56,57)(H2,53,54,55)/b6-5-,9-8-,12-11-,20-17-,29-26-,35-32-/t44?,45-,46+/m0/s1. The minimum absolute atomic E-state index is 0.0162. The second-order valence-corrected chi connectivity index (χ2v) is 19.0. The largest absolute Gasteiger partial charge is 0.472 e. The van der Waals surface area contributed by atoms with Gasteiger partial charge in [0.25, 0.3) is 0 Å². The van der Waals surface area contributed by atoms with Crippen LogP contribution in [0.2, 0.25) is 0 Å². The van der Waals surface area contributed by atoms with Crippen molar-refractivity contribution in [3.05, 3.63) is 72.9 Å². The zero-order chi connectivity index (χ0) is 47.6. The van der Waals surface area contributed by atoms with Crippen molar-refractivity contribution in [3.63, 3.8) is 0 Å². The SMILES string of the molecule is CC/C=C\C/C=C\C/C=C\C/C=C\C/C=C\C=C/C(O)CCC(=O)O[C@H](COC(=O)CCCCCCCCCCCCCCCCC(C)C)COP(=O)(O)OC[C@@H](O)COP(=O)(O)O. The van der Waals surface area contributed by atoms with E-state index in [0.717, 1.165) is 57.3 Å². The van der Waals surface area contributed by atoms with Crippen molar-refractivity contribution in [3.8, 4) is 0 Å². The predicted octanol–water partition coefficient (Wildman–Crippen LogP) is 11.4. The summed E-state index contributed by atoms with van der Waals surface area (Å²) in [5, 5.41) is 20.1. The molecule has 0 aromatic heterocycles. The number of phosphoric ester groups is 2. The van der Waals surface area contributed by atoms with Gasteiger partial charge in [-0.3, -0.25) is 23.2 Å². The topological polar surface area (TPSA) is 216 Å². The molecule has 16 heteroatoms. The number of esters is 2. The average Bonchev–Trinajstić information content (AvgIpc) is 3.24. The van der Waals surface area contributed by atoms with Crippen LogP contribution in [-0.2, 0) is 41.8 Å². The second-order valence-electron chi connectivity index (χ2n) is 16.3. The molecule has 0 saturated heterocycles. The Bertz CT molecular complexity index is 1430. The number of phosphoric acid groups is 2. The number of rotatable bonds is 43. The molecule has 0 amide bonds. The van der Waals surface area contributed by atoms with E-state index >= 15 is 0 Å². The number of carbonyl (C=O) groups is 2. The lowest BCUT2D eigenvalue weighted by atomic mass is 10.0. The molecular formula is C48H84O14P2. The van der Waals surface area contributed by atoms with Crippen molar-refractivity contribution in [2.24, 2.45) is 5.92 Å². The number of aliphatic hydroxyl groups excluding tert-OH is 2. The molecule has 2 unspecified atom stereocenters. The molecule has 0 saturated carbocycles. The van der Waals surface area contributed by atoms with Crippen LogP contribution < -0.4 is 0 Å². The highest BCUT2D eigenvalue weighted by atomic mass is 31.2. The average molecular weight is 947 g/mol. The van der Waals surface area contributed by atoms with E-state index in [1.807, 2.05) is 12.2 Å². The summed E-state index contributed by atoms with van der Waals surface area (Å²) in [5.74, 6) is -0.512. The van der Waals surface area contributed by atoms with E-state index < -0.39 is 72.3 Å². The number of hydrogen-bond donors (Lipinski definition) is 5. The van der Waals surface area contributed by atoms with Crippen molar-refractivity contribution in [2.75, 3.05) is 26.4 Å². The molecule has 0 rings (SSSR count). The van der Waals surface area contributed by atoms with Crippen molar-refractivity contribution in [1.82, 2.24) is 0 Å². The third-order valence-corrected chi connectivity index (χ3v) is 11.1. The lowest BCUT2D eigenvalue weighted by Gasteiger charge is -2.20. The van der Waals surface area contributed by atoms with Crippen LogP contribution in [0.25, 0.3) is 0 Å². The summed E-state index contributed by atoms with van der Waals surface area (Å²) in [6.45, 7) is 3.71. The summed E-state index contributed by atoms with van der Waals surface area (Å²) in [4.78, 5) is 52.8. The Morgan fingerprint density at radius 3 is 1.52 bits per heavy atom. The fraction of sp³-hybridized carbons (Fsp3) is 0.708. The molecule has 0 aromatic rings. The Hall–Kier alpha value is -2.48. The normalized spacial score (nSPS) is 15.1. The Morgan fingerprint density at radius 1 is 0.531 bits per heavy atom. The van der Waals surface area contributed by atoms with Gasteiger partial charge in [-0.25, -0.2) is 9.13 Å². The van der Waals surface area contributed by atoms with Crippen LogP contribution in [0.5, 0.6) is 0 Å². The number of ether oxygens (including phenoxy) is 2. The van der Waals surface area contributed by atoms with Gasteiger partial charge in [0.2, 0.25) is 0 Å². The van der Waals surface area contributed by atoms with Crippen LogP contribution in [0, 0.1) is 5.92 Å². The van der Waals surface area contributed by atoms with Crippen LogP contribution in [0.3, 0.4) is 0 Å². The zero-order valence-corrected chi connectivity index (χ0v) is 40.9. The number of hydrogen-bond acceptors (Lipinski definition) is 11. The first-order valence-corrected chi connectivity index (χ1v) is 26.6. The predicted molar refractivity (Wildman–Crippen MR) is 254 cm³/mol. The molecule has 5 N–H and O–H groups in total. The van der Waals surface area contributed by atoms with Crippen LogP contribution >= 0.6 is 15.6 Å². The third kappa shape index (κ3) is 46.1. The lowest BCUT2D eigenvalue weighted by Crippen LogP contribution is -2.30. The summed E-state index contributed by atoms with van der Waals surface area (Å²) in [5.41, 5.74) is 0. The minimum Gasteiger partial charge on any atom is -0.462 e. The van der Waals surface area contributed by atoms with Gasteiger partial charge in [0, 0.05) is 12.8 Å². The van der Waals surface area contributed by atoms with E-state index in [-0.39, 0.29) is 19.3 Å². The Morgan fingerprint density at radius 2 is 1.00 bits per heavy atom. The molecule has 0 aromatic carbocycles. The second kappa shape index (κ2) is 41.9. The molecule has 0 fully saturated rings. The molecule has 0 heterocycles. The molecule has 0 aliphatic carbocycles. The molecule has 0 radical (unpaired) electrons. The molecule has 4 atom stereocenters. The highest BCUT2D eigenvalue weighted by Crippen LogP contribution is 2.43. The highest BCUT2D eigenvalue weighted by Gasteiger charge is 2.28. The highest BCUT2D eigenvalue weighted by molar-refractivity contribution is 7.47. The summed E-state index contributed by atoms with van der Waals surface area (Å²) < 4.78 is 47.7. The number of aliphatic hydroxyl groups is 2. The third-order valence-electron chi connectivity index (χ3n) is 9.65. The van der Waals surface area contributed by atoms with Crippen molar-refractivity contribution in [2.45, 2.75) is 187 Å². The Balaban J connectivity index is 4.69. The van der Waals surface area contributed by atoms with Gasteiger partial charge < -0.3 is 34.4 Å². The zero-order valence-electron chi connectivity index (χ0n) is 39.1. The molecule has 0 aliphatic heterocycles. The van der Waals surface area contributed by atoms with E-state index in [0.29, 0.717) is 6.42 Å². The first-order chi connectivity index (χ1) is 30.6. The van der Waals surface area contributed by atoms with E-state index in [1.54, 1.807) is 12.2 Å². The maximum Gasteiger partial charge on any atom is 0.472 e. The van der Waals surface area contributed by atoms with Gasteiger partial charge in [0.1, 0.15) is 12.7 Å². The molecule has 14 nitrogen and oxygen atoms in total. The Kier molecular flexibility index (Phi) is 40.3. The van der Waals surface area contributed by atoms with Crippen LogP contribution in [-0.4, -0.2) is 81.6 Å². The fourth-order valence-corrected chi connectivity index (χ4v) is 7.21. The van der Waals surface area contributed by atoms with E-state index in [2.05, 4.69) is 72.4 Å². The maximum atomic E-state index is 12.7. The fourth-order valence-electron chi connectivity index (χ4n) is 6.05. The lowest BCUT2D eigenvalue weighted by molar-refractivity contribution is -0.161. The van der Waals surface area contributed by atoms with Crippen molar-refractivity contribution in [1.29, 1.82) is 0 Å². The molecule has 0 aliphatic rings. The summed E-state index contributed by atoms with van der Waals surface area (Å²) in [6, 6.07) is 0. The van der Waals surface area contributed by atoms with Crippen LogP contribution in [0.4, 0.5) is 0 Å². The molecule has 0 bridgehead atoms. The summed E-state index contributed by atoms with van der Waals surface area (Å²) in [6.07, 6.45) is 42.2. The van der Waals surface area contributed by atoms with Gasteiger partial charge in [0.15, 0.2) is 6.10 Å². The van der Waals surface area contributed by atoms with Crippen molar-refractivity contribution < 1.29 is 66.7 Å². The Labute approximate surface area is 385 Å². The van der Waals surface area contributed by atoms with Gasteiger partial charge in [-0.2, -0.15) is 0 Å². The monoisotopic (exact) mass is 947 g/mol. The number of carbonyl (C=O) groups excluding carboxylic acids is 2. The number of unbranched alkanes of at least 4 members (excludes halogenated alkanes) is 13. The maximum absolute atomic E-state index is 12.7. The van der Waals surface area contributed by atoms with Gasteiger partial charge in [-0.05, 0) is 50.9 Å². The smallest absolute Gasteiger partial charge is 0.462 e. The quantitative estimate of drug-likeness (QED) is 0.0126. The van der Waals surface area contributed by atoms with Gasteiger partial charge in [0.05, 0.1) is 25.9 Å². The van der Waals surface area contributed by atoms with Gasteiger partial charge >= 0.3 is 27.6 Å². The molecular weight excluding hydrogens is 862 g/mol.